The van der Waals surface area contributed by atoms with Gasteiger partial charge in [-0.05, 0) is 57.7 Å². The number of amides is 1. The second-order valence-corrected chi connectivity index (χ2v) is 7.22. The number of hydrogen-bond donors (Lipinski definition) is 0. The highest BCUT2D eigenvalue weighted by Crippen LogP contribution is 2.35. The summed E-state index contributed by atoms with van der Waals surface area (Å²) in [6.07, 6.45) is 5.91. The van der Waals surface area contributed by atoms with Crippen molar-refractivity contribution in [1.29, 1.82) is 0 Å². The molecule has 0 spiro atoms. The number of carbonyl (C=O) groups is 1. The number of aromatic nitrogens is 1. The highest BCUT2D eigenvalue weighted by atomic mass is 35.5. The Morgan fingerprint density at radius 1 is 1.32 bits per heavy atom. The van der Waals surface area contributed by atoms with Gasteiger partial charge in [-0.2, -0.15) is 0 Å². The third kappa shape index (κ3) is 2.86. The van der Waals surface area contributed by atoms with Gasteiger partial charge in [-0.25, -0.2) is 0 Å². The minimum Gasteiger partial charge on any atom is -0.313 e. The van der Waals surface area contributed by atoms with Crippen LogP contribution in [0.2, 0.25) is 5.02 Å². The molecule has 1 fully saturated rings. The quantitative estimate of drug-likeness (QED) is 0.737. The number of nitrogens with zero attached hydrogens (tertiary/aromatic N) is 3. The molecule has 1 aromatic heterocycles. The molecule has 1 aromatic rings. The molecule has 3 heterocycles. The van der Waals surface area contributed by atoms with E-state index in [-0.39, 0.29) is 11.8 Å². The molecule has 4 nitrogen and oxygen atoms in total. The van der Waals surface area contributed by atoms with Crippen molar-refractivity contribution in [1.82, 2.24) is 9.88 Å². The SMILES string of the molecule is Cc1c(Cl)cnc2c1N(C)C(=O)C1CC(CC2)CCN(C)C1. The Labute approximate surface area is 137 Å². The highest BCUT2D eigenvalue weighted by molar-refractivity contribution is 6.31. The molecule has 2 bridgehead atoms. The van der Waals surface area contributed by atoms with Crippen molar-refractivity contribution in [3.63, 3.8) is 0 Å². The van der Waals surface area contributed by atoms with Gasteiger partial charge in [0.15, 0.2) is 0 Å². The fourth-order valence-electron chi connectivity index (χ4n) is 3.88. The van der Waals surface area contributed by atoms with Crippen molar-refractivity contribution in [3.05, 3.63) is 22.5 Å². The van der Waals surface area contributed by atoms with Gasteiger partial charge in [0.05, 0.1) is 22.3 Å². The number of aryl methyl sites for hydroxylation is 1. The van der Waals surface area contributed by atoms with Crippen molar-refractivity contribution in [2.24, 2.45) is 11.8 Å². The van der Waals surface area contributed by atoms with E-state index in [1.165, 1.54) is 6.42 Å². The monoisotopic (exact) mass is 321 g/mol. The minimum atomic E-state index is 0.0758. The lowest BCUT2D eigenvalue weighted by molar-refractivity contribution is -0.122. The lowest BCUT2D eigenvalue weighted by Crippen LogP contribution is -2.38. The van der Waals surface area contributed by atoms with Crippen LogP contribution in [0.3, 0.4) is 0 Å². The molecule has 2 unspecified atom stereocenters. The van der Waals surface area contributed by atoms with E-state index in [1.54, 1.807) is 11.1 Å². The third-order valence-electron chi connectivity index (χ3n) is 5.19. The molecule has 5 heteroatoms. The summed E-state index contributed by atoms with van der Waals surface area (Å²) < 4.78 is 0. The molecular weight excluding hydrogens is 298 g/mol. The second-order valence-electron chi connectivity index (χ2n) is 6.81. The fraction of sp³-hybridized carbons (Fsp3) is 0.647. The smallest absolute Gasteiger partial charge is 0.231 e. The maximum Gasteiger partial charge on any atom is 0.231 e. The van der Waals surface area contributed by atoms with Crippen LogP contribution >= 0.6 is 11.6 Å². The van der Waals surface area contributed by atoms with Crippen molar-refractivity contribution in [2.75, 3.05) is 32.1 Å². The van der Waals surface area contributed by atoms with Crippen LogP contribution in [0.5, 0.6) is 0 Å². The molecular formula is C17H24ClN3O. The normalized spacial score (nSPS) is 26.7. The van der Waals surface area contributed by atoms with Gasteiger partial charge < -0.3 is 9.80 Å². The Morgan fingerprint density at radius 2 is 2.09 bits per heavy atom. The Hall–Kier alpha value is -1.13. The predicted octanol–water partition coefficient (Wildman–Crippen LogP) is 2.91. The highest BCUT2D eigenvalue weighted by Gasteiger charge is 2.33. The molecule has 2 aliphatic rings. The van der Waals surface area contributed by atoms with Gasteiger partial charge in [0.2, 0.25) is 5.91 Å². The van der Waals surface area contributed by atoms with Crippen LogP contribution in [0.1, 0.15) is 30.5 Å². The first-order chi connectivity index (χ1) is 10.5. The number of rotatable bonds is 0. The average Bonchev–Trinajstić information content (AvgIpc) is 2.66. The van der Waals surface area contributed by atoms with Gasteiger partial charge in [-0.3, -0.25) is 9.78 Å². The second kappa shape index (κ2) is 6.17. The van der Waals surface area contributed by atoms with Crippen molar-refractivity contribution >= 4 is 23.2 Å². The molecule has 120 valence electrons. The summed E-state index contributed by atoms with van der Waals surface area (Å²) in [5.74, 6) is 0.886. The van der Waals surface area contributed by atoms with Gasteiger partial charge in [0.25, 0.3) is 0 Å². The topological polar surface area (TPSA) is 36.4 Å². The average molecular weight is 322 g/mol. The summed E-state index contributed by atoms with van der Waals surface area (Å²) >= 11 is 6.25. The lowest BCUT2D eigenvalue weighted by atomic mass is 9.89. The van der Waals surface area contributed by atoms with Crippen LogP contribution in [0.4, 0.5) is 5.69 Å². The molecule has 1 amide bonds. The molecule has 22 heavy (non-hydrogen) atoms. The summed E-state index contributed by atoms with van der Waals surface area (Å²) in [7, 11) is 3.99. The fourth-order valence-corrected chi connectivity index (χ4v) is 4.02. The van der Waals surface area contributed by atoms with E-state index in [9.17, 15) is 4.79 Å². The van der Waals surface area contributed by atoms with Crippen LogP contribution < -0.4 is 4.90 Å². The van der Waals surface area contributed by atoms with Crippen molar-refractivity contribution in [3.8, 4) is 0 Å². The Kier molecular flexibility index (Phi) is 4.42. The van der Waals surface area contributed by atoms with E-state index >= 15 is 0 Å². The lowest BCUT2D eigenvalue weighted by Gasteiger charge is -2.27. The molecule has 1 saturated heterocycles. The van der Waals surface area contributed by atoms with Gasteiger partial charge in [-0.15, -0.1) is 0 Å². The van der Waals surface area contributed by atoms with Crippen molar-refractivity contribution < 1.29 is 4.79 Å². The molecule has 0 saturated carbocycles. The summed E-state index contributed by atoms with van der Waals surface area (Å²) in [5, 5.41) is 0.634. The number of likely N-dealkylation sites (tertiary alicyclic amines) is 1. The zero-order valence-corrected chi connectivity index (χ0v) is 14.4. The van der Waals surface area contributed by atoms with Crippen molar-refractivity contribution in [2.45, 2.75) is 32.6 Å². The molecule has 3 rings (SSSR count). The van der Waals surface area contributed by atoms with E-state index in [0.717, 1.165) is 49.3 Å². The van der Waals surface area contributed by atoms with Crippen LogP contribution in [-0.2, 0) is 11.2 Å². The molecule has 0 aliphatic carbocycles. The first kappa shape index (κ1) is 15.8. The van der Waals surface area contributed by atoms with E-state index in [0.29, 0.717) is 10.9 Å². The van der Waals surface area contributed by atoms with Gasteiger partial charge in [-0.1, -0.05) is 11.6 Å². The molecule has 2 atom stereocenters. The predicted molar refractivity (Wildman–Crippen MR) is 89.4 cm³/mol. The zero-order valence-electron chi connectivity index (χ0n) is 13.6. The first-order valence-electron chi connectivity index (χ1n) is 8.07. The Bertz CT molecular complexity index is 590. The number of carbonyl (C=O) groups excluding carboxylic acids is 1. The van der Waals surface area contributed by atoms with E-state index < -0.39 is 0 Å². The van der Waals surface area contributed by atoms with Gasteiger partial charge >= 0.3 is 0 Å². The zero-order chi connectivity index (χ0) is 15.9. The number of halogens is 1. The van der Waals surface area contributed by atoms with E-state index in [1.807, 2.05) is 14.0 Å². The molecule has 0 aromatic carbocycles. The Morgan fingerprint density at radius 3 is 2.86 bits per heavy atom. The van der Waals surface area contributed by atoms with Crippen LogP contribution in [0.25, 0.3) is 0 Å². The number of hydrogen-bond acceptors (Lipinski definition) is 3. The van der Waals surface area contributed by atoms with E-state index in [2.05, 4.69) is 16.9 Å². The van der Waals surface area contributed by atoms with E-state index in [4.69, 9.17) is 11.6 Å². The summed E-state index contributed by atoms with van der Waals surface area (Å²) in [5.41, 5.74) is 2.90. The molecule has 0 N–H and O–H groups in total. The summed E-state index contributed by atoms with van der Waals surface area (Å²) in [6.45, 7) is 3.91. The molecule has 2 aliphatic heterocycles. The van der Waals surface area contributed by atoms with Crippen LogP contribution in [-0.4, -0.2) is 43.0 Å². The first-order valence-corrected chi connectivity index (χ1v) is 8.45. The maximum absolute atomic E-state index is 13.0. The minimum absolute atomic E-state index is 0.0758. The third-order valence-corrected chi connectivity index (χ3v) is 5.58. The standard InChI is InChI=1S/C17H24ClN3O/c1-11-14(18)9-19-15-5-4-12-6-7-20(2)10-13(8-12)17(22)21(3)16(11)15/h9,12-13H,4-8,10H2,1-3H3. The van der Waals surface area contributed by atoms with Crippen LogP contribution in [0.15, 0.2) is 6.20 Å². The Balaban J connectivity index is 2.04. The molecule has 0 radical (unpaired) electrons. The number of pyridine rings is 1. The van der Waals surface area contributed by atoms with Gasteiger partial charge in [0, 0.05) is 19.8 Å². The number of anilines is 1. The number of fused-ring (bicyclic) bond motifs is 3. The maximum atomic E-state index is 13.0. The largest absolute Gasteiger partial charge is 0.313 e. The summed E-state index contributed by atoms with van der Waals surface area (Å²) in [4.78, 5) is 21.6. The van der Waals surface area contributed by atoms with Crippen LogP contribution in [0, 0.1) is 18.8 Å². The summed E-state index contributed by atoms with van der Waals surface area (Å²) in [6, 6.07) is 0. The van der Waals surface area contributed by atoms with Gasteiger partial charge in [0.1, 0.15) is 0 Å².